The molecule has 0 amide bonds. The Bertz CT molecular complexity index is 230. The highest BCUT2D eigenvalue weighted by atomic mass is 19.1. The molecule has 12 heavy (non-hydrogen) atoms. The van der Waals surface area contributed by atoms with E-state index in [0.717, 1.165) is 6.42 Å². The van der Waals surface area contributed by atoms with Gasteiger partial charge < -0.3 is 0 Å². The second kappa shape index (κ2) is 4.21. The van der Waals surface area contributed by atoms with Crippen LogP contribution in [0, 0.1) is 5.82 Å². The fourth-order valence-corrected chi connectivity index (χ4v) is 1.11. The Hall–Kier alpha value is -0.890. The van der Waals surface area contributed by atoms with E-state index in [2.05, 4.69) is 0 Å². The Labute approximate surface area is 71.9 Å². The minimum Gasteiger partial charge on any atom is -0.228 e. The first-order chi connectivity index (χ1) is 5.74. The van der Waals surface area contributed by atoms with Crippen molar-refractivity contribution >= 4 is 0 Å². The quantitative estimate of drug-likeness (QED) is 0.659. The van der Waals surface area contributed by atoms with Crippen LogP contribution >= 0.6 is 0 Å². The molecule has 0 aliphatic rings. The van der Waals surface area contributed by atoms with Crippen LogP contribution in [-0.2, 0) is 5.11 Å². The number of hydrogen-bond acceptors (Lipinski definition) is 0. The number of halogens is 1. The molecule has 0 aliphatic heterocycles. The minimum atomic E-state index is -0.699. The Kier molecular flexibility index (Phi) is 3.23. The second-order valence-corrected chi connectivity index (χ2v) is 2.83. The number of benzene rings is 1. The van der Waals surface area contributed by atoms with Crippen LogP contribution in [0.25, 0.3) is 0 Å². The van der Waals surface area contributed by atoms with Gasteiger partial charge in [-0.25, -0.2) is 9.50 Å². The molecule has 65 valence electrons. The van der Waals surface area contributed by atoms with Crippen molar-refractivity contribution < 1.29 is 9.50 Å². The molecule has 1 nitrogen and oxygen atoms in total. The fourth-order valence-electron chi connectivity index (χ4n) is 1.11. The lowest BCUT2D eigenvalue weighted by Crippen LogP contribution is -1.94. The van der Waals surface area contributed by atoms with E-state index in [1.54, 1.807) is 12.1 Å². The second-order valence-electron chi connectivity index (χ2n) is 2.83. The number of hydrogen-bond donors (Lipinski definition) is 0. The van der Waals surface area contributed by atoms with Gasteiger partial charge >= 0.3 is 0 Å². The van der Waals surface area contributed by atoms with Crippen molar-refractivity contribution in [3.8, 4) is 0 Å². The summed E-state index contributed by atoms with van der Waals surface area (Å²) in [6, 6.07) is 5.77. The van der Waals surface area contributed by atoms with Crippen molar-refractivity contribution in [1.29, 1.82) is 0 Å². The summed E-state index contributed by atoms with van der Waals surface area (Å²) in [6.07, 6.45) is 0.785. The van der Waals surface area contributed by atoms with E-state index in [1.807, 2.05) is 6.92 Å². The predicted molar refractivity (Wildman–Crippen MR) is 44.7 cm³/mol. The van der Waals surface area contributed by atoms with Crippen molar-refractivity contribution in [2.75, 3.05) is 0 Å². The average Bonchev–Trinajstić information content (AvgIpc) is 2.06. The van der Waals surface area contributed by atoms with E-state index in [9.17, 15) is 9.50 Å². The molecule has 0 aromatic heterocycles. The minimum absolute atomic E-state index is 0.289. The summed E-state index contributed by atoms with van der Waals surface area (Å²) in [7, 11) is 0. The normalized spacial score (nSPS) is 12.9. The summed E-state index contributed by atoms with van der Waals surface area (Å²) in [5.74, 6) is -0.289. The monoisotopic (exact) mass is 167 g/mol. The maximum Gasteiger partial charge on any atom is 0.123 e. The third kappa shape index (κ3) is 2.31. The lowest BCUT2D eigenvalue weighted by Gasteiger charge is -2.05. The van der Waals surface area contributed by atoms with Gasteiger partial charge in [-0.2, -0.15) is 0 Å². The van der Waals surface area contributed by atoms with E-state index >= 15 is 0 Å². The van der Waals surface area contributed by atoms with E-state index in [0.29, 0.717) is 12.0 Å². The number of rotatable bonds is 3. The molecule has 0 spiro atoms. The highest BCUT2D eigenvalue weighted by Gasteiger charge is 2.06. The van der Waals surface area contributed by atoms with Gasteiger partial charge in [-0.3, -0.25) is 0 Å². The van der Waals surface area contributed by atoms with Gasteiger partial charge in [0.25, 0.3) is 0 Å². The van der Waals surface area contributed by atoms with Gasteiger partial charge in [0.05, 0.1) is 0 Å². The Morgan fingerprint density at radius 1 is 1.33 bits per heavy atom. The van der Waals surface area contributed by atoms with E-state index < -0.39 is 6.10 Å². The van der Waals surface area contributed by atoms with Crippen LogP contribution < -0.4 is 0 Å². The molecule has 0 N–H and O–H groups in total. The zero-order chi connectivity index (χ0) is 8.97. The summed E-state index contributed by atoms with van der Waals surface area (Å²) in [5.41, 5.74) is 0.679. The summed E-state index contributed by atoms with van der Waals surface area (Å²) >= 11 is 0. The highest BCUT2D eigenvalue weighted by Crippen LogP contribution is 2.18. The molecule has 1 unspecified atom stereocenters. The van der Waals surface area contributed by atoms with Crippen LogP contribution in [0.2, 0.25) is 0 Å². The lowest BCUT2D eigenvalue weighted by atomic mass is 10.1. The topological polar surface area (TPSA) is 19.9 Å². The Morgan fingerprint density at radius 2 is 1.92 bits per heavy atom. The summed E-state index contributed by atoms with van der Waals surface area (Å²) in [4.78, 5) is 0. The van der Waals surface area contributed by atoms with Crippen molar-refractivity contribution in [1.82, 2.24) is 0 Å². The molecule has 1 aromatic carbocycles. The molecule has 0 saturated carbocycles. The molecule has 0 fully saturated rings. The molecule has 0 saturated heterocycles. The van der Waals surface area contributed by atoms with E-state index in [-0.39, 0.29) is 5.82 Å². The van der Waals surface area contributed by atoms with Crippen molar-refractivity contribution in [3.05, 3.63) is 35.6 Å². The van der Waals surface area contributed by atoms with Crippen molar-refractivity contribution in [2.45, 2.75) is 25.9 Å². The first kappa shape index (κ1) is 9.20. The molecule has 1 aromatic rings. The third-order valence-corrected chi connectivity index (χ3v) is 1.79. The van der Waals surface area contributed by atoms with Crippen LogP contribution in [-0.4, -0.2) is 0 Å². The zero-order valence-electron chi connectivity index (χ0n) is 7.09. The maximum absolute atomic E-state index is 12.4. The summed E-state index contributed by atoms with van der Waals surface area (Å²) in [5, 5.41) is 11.3. The smallest absolute Gasteiger partial charge is 0.123 e. The van der Waals surface area contributed by atoms with Gasteiger partial charge in [-0.15, -0.1) is 0 Å². The van der Waals surface area contributed by atoms with Crippen LogP contribution in [0.4, 0.5) is 4.39 Å². The van der Waals surface area contributed by atoms with Gasteiger partial charge in [0, 0.05) is 0 Å². The SMILES string of the molecule is CCCC([O])c1ccc(F)cc1. The summed E-state index contributed by atoms with van der Waals surface area (Å²) < 4.78 is 12.4. The molecule has 0 heterocycles. The van der Waals surface area contributed by atoms with E-state index in [1.165, 1.54) is 12.1 Å². The van der Waals surface area contributed by atoms with Crippen molar-refractivity contribution in [3.63, 3.8) is 0 Å². The largest absolute Gasteiger partial charge is 0.228 e. The lowest BCUT2D eigenvalue weighted by molar-refractivity contribution is 0.0805. The highest BCUT2D eigenvalue weighted by molar-refractivity contribution is 5.18. The molecule has 0 bridgehead atoms. The first-order valence-electron chi connectivity index (χ1n) is 4.15. The Balaban J connectivity index is 2.68. The van der Waals surface area contributed by atoms with Crippen molar-refractivity contribution in [2.24, 2.45) is 0 Å². The van der Waals surface area contributed by atoms with Gasteiger partial charge in [-0.05, 0) is 24.1 Å². The molecular weight excluding hydrogens is 155 g/mol. The van der Waals surface area contributed by atoms with Crippen LogP contribution in [0.15, 0.2) is 24.3 Å². The molecule has 1 radical (unpaired) electrons. The standard InChI is InChI=1S/C10H12FO/c1-2-3-10(12)8-4-6-9(11)7-5-8/h4-7,10H,2-3H2,1H3. The van der Waals surface area contributed by atoms with Gasteiger partial charge in [0.15, 0.2) is 0 Å². The van der Waals surface area contributed by atoms with Crippen LogP contribution in [0.1, 0.15) is 31.4 Å². The van der Waals surface area contributed by atoms with Crippen LogP contribution in [0.5, 0.6) is 0 Å². The molecule has 0 aliphatic carbocycles. The van der Waals surface area contributed by atoms with Gasteiger partial charge in [-0.1, -0.05) is 25.5 Å². The average molecular weight is 167 g/mol. The van der Waals surface area contributed by atoms with Crippen LogP contribution in [0.3, 0.4) is 0 Å². The van der Waals surface area contributed by atoms with Gasteiger partial charge in [0.1, 0.15) is 11.9 Å². The fraction of sp³-hybridized carbons (Fsp3) is 0.400. The molecular formula is C10H12FO. The maximum atomic E-state index is 12.4. The van der Waals surface area contributed by atoms with E-state index in [4.69, 9.17) is 0 Å². The Morgan fingerprint density at radius 3 is 2.42 bits per heavy atom. The van der Waals surface area contributed by atoms with Gasteiger partial charge in [0.2, 0.25) is 0 Å². The zero-order valence-corrected chi connectivity index (χ0v) is 7.09. The third-order valence-electron chi connectivity index (χ3n) is 1.79. The molecule has 1 atom stereocenters. The summed E-state index contributed by atoms with van der Waals surface area (Å²) in [6.45, 7) is 1.97. The molecule has 2 heteroatoms. The first-order valence-corrected chi connectivity index (χ1v) is 4.15. The molecule has 1 rings (SSSR count). The predicted octanol–water partition coefficient (Wildman–Crippen LogP) is 3.10.